The maximum Gasteiger partial charge on any atom is 0.306 e. The molecule has 140 valence electrons. The number of carbonyl (C=O) groups is 3. The summed E-state index contributed by atoms with van der Waals surface area (Å²) in [6.45, 7) is 0.714. The number of ketones is 1. The van der Waals surface area contributed by atoms with Gasteiger partial charge in [0.25, 0.3) is 0 Å². The first-order valence-corrected chi connectivity index (χ1v) is 9.48. The molecular weight excluding hydrogens is 410 g/mol. The summed E-state index contributed by atoms with van der Waals surface area (Å²) in [6.07, 6.45) is -0.0897. The lowest BCUT2D eigenvalue weighted by Gasteiger charge is -2.16. The Labute approximate surface area is 166 Å². The van der Waals surface area contributed by atoms with Gasteiger partial charge in [0.15, 0.2) is 5.78 Å². The van der Waals surface area contributed by atoms with Crippen molar-refractivity contribution in [3.05, 3.63) is 70.2 Å². The summed E-state index contributed by atoms with van der Waals surface area (Å²) in [5.74, 6) is -2.05. The molecule has 6 heteroatoms. The Morgan fingerprint density at radius 1 is 1.11 bits per heavy atom. The van der Waals surface area contributed by atoms with Gasteiger partial charge in [-0.25, -0.2) is 0 Å². The van der Waals surface area contributed by atoms with E-state index in [1.807, 2.05) is 30.3 Å². The second kappa shape index (κ2) is 8.48. The van der Waals surface area contributed by atoms with Crippen LogP contribution in [0.5, 0.6) is 0 Å². The quantitative estimate of drug-likeness (QED) is 0.520. The molecule has 0 spiro atoms. The molecule has 1 aliphatic rings. The highest BCUT2D eigenvalue weighted by Crippen LogP contribution is 2.32. The fraction of sp³-hybridized carbons (Fsp3) is 0.286. The maximum absolute atomic E-state index is 13.0. The van der Waals surface area contributed by atoms with E-state index in [9.17, 15) is 14.4 Å². The molecule has 1 saturated heterocycles. The molecule has 3 rings (SSSR count). The van der Waals surface area contributed by atoms with Crippen LogP contribution in [0.25, 0.3) is 0 Å². The van der Waals surface area contributed by atoms with Crippen LogP contribution in [-0.4, -0.2) is 36.2 Å². The summed E-state index contributed by atoms with van der Waals surface area (Å²) in [4.78, 5) is 39.4. The van der Waals surface area contributed by atoms with E-state index in [0.29, 0.717) is 18.7 Å². The number of Topliss-reactive ketones (excluding diaryl/α,β-unsaturated/α-hetero) is 1. The van der Waals surface area contributed by atoms with E-state index in [1.165, 1.54) is 7.11 Å². The molecule has 27 heavy (non-hydrogen) atoms. The summed E-state index contributed by atoms with van der Waals surface area (Å²) in [6, 6.07) is 16.6. The molecule has 1 fully saturated rings. The SMILES string of the molecule is COC(=O)C[C@@H]1C(=O)N(Cc2ccccc2)C[C@H]1C(=O)c1ccc(Br)cc1. The van der Waals surface area contributed by atoms with Crippen molar-refractivity contribution < 1.29 is 19.1 Å². The van der Waals surface area contributed by atoms with Gasteiger partial charge in [0.2, 0.25) is 5.91 Å². The van der Waals surface area contributed by atoms with Gasteiger partial charge >= 0.3 is 5.97 Å². The highest BCUT2D eigenvalue weighted by Gasteiger charge is 2.45. The summed E-state index contributed by atoms with van der Waals surface area (Å²) >= 11 is 3.35. The lowest BCUT2D eigenvalue weighted by Crippen LogP contribution is -2.28. The van der Waals surface area contributed by atoms with Crippen molar-refractivity contribution in [1.29, 1.82) is 0 Å². The molecule has 0 aromatic heterocycles. The monoisotopic (exact) mass is 429 g/mol. The normalized spacial score (nSPS) is 19.2. The Morgan fingerprint density at radius 2 is 1.78 bits per heavy atom. The second-order valence-corrected chi connectivity index (χ2v) is 7.48. The molecule has 0 aliphatic carbocycles. The number of ether oxygens (including phenoxy) is 1. The number of amides is 1. The van der Waals surface area contributed by atoms with Gasteiger partial charge < -0.3 is 9.64 Å². The van der Waals surface area contributed by atoms with Crippen molar-refractivity contribution in [2.24, 2.45) is 11.8 Å². The van der Waals surface area contributed by atoms with Crippen LogP contribution >= 0.6 is 15.9 Å². The Bertz CT molecular complexity index is 835. The first-order chi connectivity index (χ1) is 13.0. The molecule has 2 aromatic carbocycles. The van der Waals surface area contributed by atoms with Crippen LogP contribution in [0, 0.1) is 11.8 Å². The number of benzene rings is 2. The van der Waals surface area contributed by atoms with Gasteiger partial charge in [-0.1, -0.05) is 58.4 Å². The predicted molar refractivity (Wildman–Crippen MR) is 104 cm³/mol. The van der Waals surface area contributed by atoms with Gasteiger partial charge in [-0.3, -0.25) is 14.4 Å². The molecule has 0 bridgehead atoms. The third-order valence-electron chi connectivity index (χ3n) is 4.83. The number of hydrogen-bond acceptors (Lipinski definition) is 4. The third kappa shape index (κ3) is 4.45. The smallest absolute Gasteiger partial charge is 0.306 e. The Balaban J connectivity index is 1.84. The molecule has 1 aliphatic heterocycles. The molecule has 0 saturated carbocycles. The van der Waals surface area contributed by atoms with E-state index in [2.05, 4.69) is 15.9 Å². The highest BCUT2D eigenvalue weighted by atomic mass is 79.9. The third-order valence-corrected chi connectivity index (χ3v) is 5.36. The second-order valence-electron chi connectivity index (χ2n) is 6.57. The van der Waals surface area contributed by atoms with Crippen LogP contribution in [0.1, 0.15) is 22.3 Å². The number of methoxy groups -OCH3 is 1. The molecule has 0 radical (unpaired) electrons. The first kappa shape index (κ1) is 19.3. The molecule has 2 atom stereocenters. The molecular formula is C21H20BrNO4. The Kier molecular flexibility index (Phi) is 6.06. The lowest BCUT2D eigenvalue weighted by atomic mass is 9.86. The van der Waals surface area contributed by atoms with E-state index >= 15 is 0 Å². The minimum atomic E-state index is -0.697. The van der Waals surface area contributed by atoms with Crippen LogP contribution in [0.2, 0.25) is 0 Å². The molecule has 0 N–H and O–H groups in total. The summed E-state index contributed by atoms with van der Waals surface area (Å²) in [5, 5.41) is 0. The number of nitrogens with zero attached hydrogens (tertiary/aromatic N) is 1. The average Bonchev–Trinajstić information content (AvgIpc) is 2.98. The van der Waals surface area contributed by atoms with Crippen LogP contribution in [0.4, 0.5) is 0 Å². The van der Waals surface area contributed by atoms with E-state index in [1.54, 1.807) is 29.2 Å². The molecule has 0 unspecified atom stereocenters. The maximum atomic E-state index is 13.0. The number of hydrogen-bond donors (Lipinski definition) is 0. The van der Waals surface area contributed by atoms with Crippen LogP contribution < -0.4 is 0 Å². The highest BCUT2D eigenvalue weighted by molar-refractivity contribution is 9.10. The van der Waals surface area contributed by atoms with Crippen LogP contribution in [0.15, 0.2) is 59.1 Å². The van der Waals surface area contributed by atoms with E-state index in [0.717, 1.165) is 10.0 Å². The van der Waals surface area contributed by atoms with Crippen molar-refractivity contribution >= 4 is 33.6 Å². The van der Waals surface area contributed by atoms with Gasteiger partial charge in [-0.2, -0.15) is 0 Å². The molecule has 1 heterocycles. The Hall–Kier alpha value is -2.47. The van der Waals surface area contributed by atoms with Crippen molar-refractivity contribution in [2.45, 2.75) is 13.0 Å². The van der Waals surface area contributed by atoms with E-state index < -0.39 is 17.8 Å². The summed E-state index contributed by atoms with van der Waals surface area (Å²) in [7, 11) is 1.29. The lowest BCUT2D eigenvalue weighted by molar-refractivity contribution is -0.145. The van der Waals surface area contributed by atoms with Crippen LogP contribution in [0.3, 0.4) is 0 Å². The Morgan fingerprint density at radius 3 is 2.41 bits per heavy atom. The number of rotatable bonds is 6. The largest absolute Gasteiger partial charge is 0.469 e. The zero-order valence-corrected chi connectivity index (χ0v) is 16.5. The van der Waals surface area contributed by atoms with Gasteiger partial charge in [0, 0.05) is 23.1 Å². The minimum absolute atomic E-state index is 0.0897. The fourth-order valence-corrected chi connectivity index (χ4v) is 3.66. The van der Waals surface area contributed by atoms with Gasteiger partial charge in [0.1, 0.15) is 0 Å². The summed E-state index contributed by atoms with van der Waals surface area (Å²) < 4.78 is 5.61. The zero-order chi connectivity index (χ0) is 19.4. The standard InChI is InChI=1S/C21H20BrNO4/c1-27-19(24)11-17-18(20(25)15-7-9-16(22)10-8-15)13-23(21(17)26)12-14-5-3-2-4-6-14/h2-10,17-18H,11-13H2,1H3/t17-,18+/m0/s1. The number of likely N-dealkylation sites (tertiary alicyclic amines) is 1. The van der Waals surface area contributed by atoms with E-state index in [-0.39, 0.29) is 18.1 Å². The van der Waals surface area contributed by atoms with E-state index in [4.69, 9.17) is 4.74 Å². The molecule has 1 amide bonds. The average molecular weight is 430 g/mol. The van der Waals surface area contributed by atoms with Crippen molar-refractivity contribution in [3.63, 3.8) is 0 Å². The van der Waals surface area contributed by atoms with Gasteiger partial charge in [0.05, 0.1) is 25.4 Å². The van der Waals surface area contributed by atoms with Crippen molar-refractivity contribution in [1.82, 2.24) is 4.90 Å². The zero-order valence-electron chi connectivity index (χ0n) is 14.9. The van der Waals surface area contributed by atoms with Gasteiger partial charge in [-0.15, -0.1) is 0 Å². The number of esters is 1. The van der Waals surface area contributed by atoms with Crippen molar-refractivity contribution in [2.75, 3.05) is 13.7 Å². The van der Waals surface area contributed by atoms with Crippen molar-refractivity contribution in [3.8, 4) is 0 Å². The number of halogens is 1. The number of carbonyl (C=O) groups excluding carboxylic acids is 3. The van der Waals surface area contributed by atoms with Crippen LogP contribution in [-0.2, 0) is 20.9 Å². The predicted octanol–water partition coefficient (Wildman–Crippen LogP) is 3.47. The first-order valence-electron chi connectivity index (χ1n) is 8.69. The van der Waals surface area contributed by atoms with Gasteiger partial charge in [-0.05, 0) is 17.7 Å². The molecule has 5 nitrogen and oxygen atoms in total. The molecule has 2 aromatic rings. The summed E-state index contributed by atoms with van der Waals surface area (Å²) in [5.41, 5.74) is 1.52. The topological polar surface area (TPSA) is 63.7 Å². The minimum Gasteiger partial charge on any atom is -0.469 e. The fourth-order valence-electron chi connectivity index (χ4n) is 3.39.